The molecule has 0 fully saturated rings. The highest BCUT2D eigenvalue weighted by molar-refractivity contribution is 7.79. The lowest BCUT2D eigenvalue weighted by atomic mass is 10.1. The fourth-order valence-corrected chi connectivity index (χ4v) is 2.30. The predicted molar refractivity (Wildman–Crippen MR) is 58.1 cm³/mol. The van der Waals surface area contributed by atoms with Gasteiger partial charge in [-0.3, -0.25) is 4.21 Å². The van der Waals surface area contributed by atoms with E-state index in [0.29, 0.717) is 18.7 Å². The first-order chi connectivity index (χ1) is 7.13. The zero-order valence-electron chi connectivity index (χ0n) is 7.99. The van der Waals surface area contributed by atoms with Crippen molar-refractivity contribution in [2.45, 2.75) is 18.1 Å². The molecule has 0 saturated heterocycles. The van der Waals surface area contributed by atoms with Crippen molar-refractivity contribution in [2.75, 3.05) is 5.88 Å². The molecule has 2 unspecified atom stereocenters. The highest BCUT2D eigenvalue weighted by Gasteiger charge is 2.09. The summed E-state index contributed by atoms with van der Waals surface area (Å²) in [6, 6.07) is 5.81. The Kier molecular flexibility index (Phi) is 5.22. The Morgan fingerprint density at radius 1 is 1.40 bits per heavy atom. The van der Waals surface area contributed by atoms with Crippen LogP contribution in [0, 0.1) is 5.82 Å². The fraction of sp³-hybridized carbons (Fsp3) is 0.400. The summed E-state index contributed by atoms with van der Waals surface area (Å²) in [5, 5.41) is -0.493. The molecule has 5 heteroatoms. The molecular formula is C10H11ClFO2S-. The minimum absolute atomic E-state index is 0.305. The van der Waals surface area contributed by atoms with Crippen molar-refractivity contribution >= 4 is 22.7 Å². The van der Waals surface area contributed by atoms with Gasteiger partial charge in [-0.1, -0.05) is 23.2 Å². The van der Waals surface area contributed by atoms with E-state index in [1.807, 2.05) is 0 Å². The van der Waals surface area contributed by atoms with Gasteiger partial charge in [-0.05, 0) is 30.5 Å². The number of hydrogen-bond donors (Lipinski definition) is 0. The lowest BCUT2D eigenvalue weighted by molar-refractivity contribution is 0.517. The van der Waals surface area contributed by atoms with E-state index in [1.165, 1.54) is 12.1 Å². The molecule has 0 aliphatic heterocycles. The van der Waals surface area contributed by atoms with Crippen LogP contribution in [0.5, 0.6) is 0 Å². The van der Waals surface area contributed by atoms with E-state index in [9.17, 15) is 13.2 Å². The number of benzene rings is 1. The smallest absolute Gasteiger partial charge is 0.123 e. The monoisotopic (exact) mass is 249 g/mol. The Labute approximate surface area is 95.7 Å². The molecule has 0 saturated carbocycles. The van der Waals surface area contributed by atoms with Crippen molar-refractivity contribution in [3.8, 4) is 0 Å². The van der Waals surface area contributed by atoms with E-state index in [4.69, 9.17) is 11.6 Å². The van der Waals surface area contributed by atoms with Crippen LogP contribution in [0.1, 0.15) is 12.0 Å². The lowest BCUT2D eigenvalue weighted by Crippen LogP contribution is -2.18. The van der Waals surface area contributed by atoms with E-state index in [-0.39, 0.29) is 5.82 Å². The van der Waals surface area contributed by atoms with Crippen molar-refractivity contribution in [1.82, 2.24) is 0 Å². The molecule has 15 heavy (non-hydrogen) atoms. The maximum atomic E-state index is 12.6. The third-order valence-corrected chi connectivity index (χ3v) is 3.24. The second-order valence-corrected chi connectivity index (χ2v) is 4.76. The van der Waals surface area contributed by atoms with Crippen LogP contribution < -0.4 is 0 Å². The SMILES string of the molecule is O=S([O-])C(CCCl)Cc1ccc(F)cc1. The summed E-state index contributed by atoms with van der Waals surface area (Å²) >= 11 is 3.36. The Morgan fingerprint density at radius 2 is 2.00 bits per heavy atom. The third kappa shape index (κ3) is 4.28. The Morgan fingerprint density at radius 3 is 2.47 bits per heavy atom. The van der Waals surface area contributed by atoms with Crippen molar-refractivity contribution in [1.29, 1.82) is 0 Å². The average molecular weight is 250 g/mol. The lowest BCUT2D eigenvalue weighted by Gasteiger charge is -2.18. The Hall–Kier alpha value is -0.450. The van der Waals surface area contributed by atoms with Crippen LogP contribution in [-0.2, 0) is 17.5 Å². The molecule has 0 aliphatic carbocycles. The van der Waals surface area contributed by atoms with Crippen LogP contribution in [0.25, 0.3) is 0 Å². The Balaban J connectivity index is 2.65. The summed E-state index contributed by atoms with van der Waals surface area (Å²) in [6.45, 7) is 0. The third-order valence-electron chi connectivity index (χ3n) is 2.08. The highest BCUT2D eigenvalue weighted by Crippen LogP contribution is 2.12. The summed E-state index contributed by atoms with van der Waals surface area (Å²) in [4.78, 5) is 0. The molecule has 2 atom stereocenters. The van der Waals surface area contributed by atoms with Gasteiger partial charge in [0.2, 0.25) is 0 Å². The molecule has 1 rings (SSSR count). The summed E-state index contributed by atoms with van der Waals surface area (Å²) in [5.74, 6) is -0.0179. The van der Waals surface area contributed by atoms with Gasteiger partial charge in [-0.2, -0.15) is 0 Å². The zero-order chi connectivity index (χ0) is 11.3. The molecule has 0 amide bonds. The normalized spacial score (nSPS) is 14.9. The maximum absolute atomic E-state index is 12.6. The number of alkyl halides is 1. The van der Waals surface area contributed by atoms with Crippen LogP contribution >= 0.6 is 11.6 Å². The number of rotatable bonds is 5. The topological polar surface area (TPSA) is 40.1 Å². The molecule has 0 aliphatic rings. The minimum Gasteiger partial charge on any atom is -0.772 e. The largest absolute Gasteiger partial charge is 0.772 e. The second kappa shape index (κ2) is 6.20. The number of hydrogen-bond acceptors (Lipinski definition) is 2. The van der Waals surface area contributed by atoms with Gasteiger partial charge in [-0.15, -0.1) is 11.6 Å². The molecule has 0 heterocycles. The van der Waals surface area contributed by atoms with E-state index in [1.54, 1.807) is 12.1 Å². The van der Waals surface area contributed by atoms with Gasteiger partial charge in [0, 0.05) is 11.1 Å². The quantitative estimate of drug-likeness (QED) is 0.593. The molecule has 0 spiro atoms. The van der Waals surface area contributed by atoms with Gasteiger partial charge in [0.1, 0.15) is 5.82 Å². The maximum Gasteiger partial charge on any atom is 0.123 e. The van der Waals surface area contributed by atoms with Crippen molar-refractivity contribution in [3.05, 3.63) is 35.6 Å². The molecule has 0 radical (unpaired) electrons. The van der Waals surface area contributed by atoms with Crippen LogP contribution in [0.2, 0.25) is 0 Å². The molecule has 0 aromatic heterocycles. The van der Waals surface area contributed by atoms with E-state index >= 15 is 0 Å². The molecule has 0 N–H and O–H groups in total. The summed E-state index contributed by atoms with van der Waals surface area (Å²) in [7, 11) is 0. The van der Waals surface area contributed by atoms with Crippen molar-refractivity contribution < 1.29 is 13.2 Å². The molecule has 84 valence electrons. The van der Waals surface area contributed by atoms with Crippen LogP contribution in [0.4, 0.5) is 4.39 Å². The van der Waals surface area contributed by atoms with Crippen molar-refractivity contribution in [3.63, 3.8) is 0 Å². The molecule has 2 nitrogen and oxygen atoms in total. The molecule has 1 aromatic rings. The van der Waals surface area contributed by atoms with E-state index < -0.39 is 16.3 Å². The zero-order valence-corrected chi connectivity index (χ0v) is 9.56. The van der Waals surface area contributed by atoms with Gasteiger partial charge < -0.3 is 4.55 Å². The minimum atomic E-state index is -2.14. The van der Waals surface area contributed by atoms with Gasteiger partial charge in [-0.25, -0.2) is 4.39 Å². The highest BCUT2D eigenvalue weighted by atomic mass is 35.5. The van der Waals surface area contributed by atoms with Gasteiger partial charge in [0.05, 0.1) is 0 Å². The van der Waals surface area contributed by atoms with Crippen LogP contribution in [0.15, 0.2) is 24.3 Å². The second-order valence-electron chi connectivity index (χ2n) is 3.19. The van der Waals surface area contributed by atoms with Crippen LogP contribution in [-0.4, -0.2) is 19.9 Å². The first-order valence-corrected chi connectivity index (χ1v) is 6.19. The Bertz CT molecular complexity index is 329. The molecule has 1 aromatic carbocycles. The number of halogens is 2. The van der Waals surface area contributed by atoms with Gasteiger partial charge >= 0.3 is 0 Å². The van der Waals surface area contributed by atoms with Crippen LogP contribution in [0.3, 0.4) is 0 Å². The van der Waals surface area contributed by atoms with Gasteiger partial charge in [0.15, 0.2) is 0 Å². The predicted octanol–water partition coefficient (Wildman–Crippen LogP) is 2.24. The van der Waals surface area contributed by atoms with E-state index in [0.717, 1.165) is 5.56 Å². The summed E-state index contributed by atoms with van der Waals surface area (Å²) in [6.07, 6.45) is 0.790. The standard InChI is InChI=1S/C10H12ClFO2S/c11-6-5-10(15(13)14)7-8-1-3-9(12)4-2-8/h1-4,10H,5-7H2,(H,13,14)/p-1. The summed E-state index contributed by atoms with van der Waals surface area (Å²) < 4.78 is 34.2. The molecule has 0 bridgehead atoms. The van der Waals surface area contributed by atoms with Crippen molar-refractivity contribution in [2.24, 2.45) is 0 Å². The average Bonchev–Trinajstić information content (AvgIpc) is 2.20. The van der Waals surface area contributed by atoms with E-state index in [2.05, 4.69) is 0 Å². The fourth-order valence-electron chi connectivity index (χ4n) is 1.27. The summed E-state index contributed by atoms with van der Waals surface area (Å²) in [5.41, 5.74) is 0.802. The first-order valence-electron chi connectivity index (χ1n) is 4.52. The molecular weight excluding hydrogens is 239 g/mol. The first kappa shape index (κ1) is 12.6. The van der Waals surface area contributed by atoms with Gasteiger partial charge in [0.25, 0.3) is 0 Å².